The number of fused-ring (bicyclic) bond motifs is 1. The van der Waals surface area contributed by atoms with Crippen molar-refractivity contribution < 1.29 is 9.13 Å². The van der Waals surface area contributed by atoms with Crippen LogP contribution in [0, 0.1) is 12.7 Å². The minimum atomic E-state index is -0.284. The summed E-state index contributed by atoms with van der Waals surface area (Å²) >= 11 is 0. The van der Waals surface area contributed by atoms with Crippen molar-refractivity contribution in [2.45, 2.75) is 26.4 Å². The quantitative estimate of drug-likeness (QED) is 0.710. The van der Waals surface area contributed by atoms with Gasteiger partial charge in [-0.2, -0.15) is 0 Å². The summed E-state index contributed by atoms with van der Waals surface area (Å²) < 4.78 is 21.1. The maximum atomic E-state index is 13.3. The third kappa shape index (κ3) is 3.51. The van der Waals surface area contributed by atoms with Crippen molar-refractivity contribution in [2.75, 3.05) is 6.61 Å². The standard InChI is InChI=1S/C18H20FN3O/c1-13-4-2-5-15(10-13)23-9-3-8-22-17-7-6-14(19)11-16(17)21-18(22)12-20/h2,4-7,10-11H,3,8-9,12,20H2,1H3. The average molecular weight is 313 g/mol. The van der Waals surface area contributed by atoms with Crippen molar-refractivity contribution >= 4 is 11.0 Å². The number of hydrogen-bond acceptors (Lipinski definition) is 3. The number of hydrogen-bond donors (Lipinski definition) is 1. The van der Waals surface area contributed by atoms with Crippen LogP contribution in [0.4, 0.5) is 4.39 Å². The van der Waals surface area contributed by atoms with Crippen LogP contribution in [0.1, 0.15) is 17.8 Å². The van der Waals surface area contributed by atoms with E-state index in [0.717, 1.165) is 30.1 Å². The Morgan fingerprint density at radius 3 is 2.87 bits per heavy atom. The molecule has 0 aliphatic carbocycles. The molecular weight excluding hydrogens is 293 g/mol. The lowest BCUT2D eigenvalue weighted by Crippen LogP contribution is -2.11. The van der Waals surface area contributed by atoms with E-state index in [-0.39, 0.29) is 5.82 Å². The fourth-order valence-corrected chi connectivity index (χ4v) is 2.68. The fraction of sp³-hybridized carbons (Fsp3) is 0.278. The summed E-state index contributed by atoms with van der Waals surface area (Å²) in [7, 11) is 0. The molecule has 0 atom stereocenters. The van der Waals surface area contributed by atoms with E-state index in [1.165, 1.54) is 17.7 Å². The van der Waals surface area contributed by atoms with Crippen LogP contribution in [0.2, 0.25) is 0 Å². The normalized spacial score (nSPS) is 11.1. The maximum absolute atomic E-state index is 13.3. The van der Waals surface area contributed by atoms with Gasteiger partial charge in [0.1, 0.15) is 17.4 Å². The van der Waals surface area contributed by atoms with Crippen LogP contribution in [0.5, 0.6) is 5.75 Å². The molecule has 1 aromatic heterocycles. The summed E-state index contributed by atoms with van der Waals surface area (Å²) in [6, 6.07) is 12.6. The molecule has 23 heavy (non-hydrogen) atoms. The van der Waals surface area contributed by atoms with Crippen molar-refractivity contribution in [3.05, 3.63) is 59.7 Å². The van der Waals surface area contributed by atoms with E-state index in [2.05, 4.69) is 4.98 Å². The highest BCUT2D eigenvalue weighted by molar-refractivity contribution is 5.76. The minimum absolute atomic E-state index is 0.284. The molecule has 0 fully saturated rings. The first-order valence-corrected chi connectivity index (χ1v) is 7.71. The van der Waals surface area contributed by atoms with E-state index >= 15 is 0 Å². The van der Waals surface area contributed by atoms with E-state index in [4.69, 9.17) is 10.5 Å². The second-order valence-corrected chi connectivity index (χ2v) is 5.54. The smallest absolute Gasteiger partial charge is 0.125 e. The molecule has 120 valence electrons. The zero-order chi connectivity index (χ0) is 16.2. The largest absolute Gasteiger partial charge is 0.494 e. The molecule has 0 saturated carbocycles. The van der Waals surface area contributed by atoms with Gasteiger partial charge in [-0.1, -0.05) is 12.1 Å². The van der Waals surface area contributed by atoms with Gasteiger partial charge in [0.15, 0.2) is 0 Å². The number of rotatable bonds is 6. The Hall–Kier alpha value is -2.40. The lowest BCUT2D eigenvalue weighted by Gasteiger charge is -2.10. The van der Waals surface area contributed by atoms with Crippen molar-refractivity contribution in [3.63, 3.8) is 0 Å². The number of nitrogens with zero attached hydrogens (tertiary/aromatic N) is 2. The highest BCUT2D eigenvalue weighted by atomic mass is 19.1. The summed E-state index contributed by atoms with van der Waals surface area (Å²) in [5.74, 6) is 1.36. The molecule has 0 amide bonds. The fourth-order valence-electron chi connectivity index (χ4n) is 2.68. The number of nitrogens with two attached hydrogens (primary N) is 1. The van der Waals surface area contributed by atoms with E-state index in [1.54, 1.807) is 6.07 Å². The van der Waals surface area contributed by atoms with Crippen LogP contribution in [-0.2, 0) is 13.1 Å². The predicted octanol–water partition coefficient (Wildman–Crippen LogP) is 3.41. The molecule has 0 spiro atoms. The summed E-state index contributed by atoms with van der Waals surface area (Å²) in [5.41, 5.74) is 8.48. The van der Waals surface area contributed by atoms with Crippen molar-refractivity contribution in [1.82, 2.24) is 9.55 Å². The Morgan fingerprint density at radius 1 is 1.22 bits per heavy atom. The molecule has 0 saturated heterocycles. The summed E-state index contributed by atoms with van der Waals surface area (Å²) in [6.45, 7) is 3.71. The maximum Gasteiger partial charge on any atom is 0.125 e. The number of benzene rings is 2. The molecule has 2 N–H and O–H groups in total. The first-order valence-electron chi connectivity index (χ1n) is 7.71. The number of aromatic nitrogens is 2. The molecule has 1 heterocycles. The number of ether oxygens (including phenoxy) is 1. The van der Waals surface area contributed by atoms with Crippen LogP contribution in [0.15, 0.2) is 42.5 Å². The Morgan fingerprint density at radius 2 is 2.09 bits per heavy atom. The van der Waals surface area contributed by atoms with Gasteiger partial charge in [0.25, 0.3) is 0 Å². The first kappa shape index (κ1) is 15.5. The Kier molecular flexibility index (Phi) is 4.57. The SMILES string of the molecule is Cc1cccc(OCCCn2c(CN)nc3cc(F)ccc32)c1. The third-order valence-corrected chi connectivity index (χ3v) is 3.76. The van der Waals surface area contributed by atoms with Crippen molar-refractivity contribution in [1.29, 1.82) is 0 Å². The van der Waals surface area contributed by atoms with Crippen LogP contribution >= 0.6 is 0 Å². The molecule has 2 aromatic carbocycles. The second kappa shape index (κ2) is 6.79. The van der Waals surface area contributed by atoms with Gasteiger partial charge in [0, 0.05) is 12.6 Å². The van der Waals surface area contributed by atoms with Crippen molar-refractivity contribution in [2.24, 2.45) is 5.73 Å². The number of halogens is 1. The zero-order valence-electron chi connectivity index (χ0n) is 13.1. The average Bonchev–Trinajstić information content (AvgIpc) is 2.88. The molecule has 0 aliphatic heterocycles. The molecule has 0 bridgehead atoms. The van der Waals surface area contributed by atoms with Crippen LogP contribution < -0.4 is 10.5 Å². The Balaban J connectivity index is 1.67. The summed E-state index contributed by atoms with van der Waals surface area (Å²) in [5, 5.41) is 0. The van der Waals surface area contributed by atoms with Gasteiger partial charge in [-0.15, -0.1) is 0 Å². The van der Waals surface area contributed by atoms with Crippen LogP contribution in [0.25, 0.3) is 11.0 Å². The topological polar surface area (TPSA) is 53.1 Å². The van der Waals surface area contributed by atoms with Gasteiger partial charge < -0.3 is 15.0 Å². The van der Waals surface area contributed by atoms with Crippen LogP contribution in [0.3, 0.4) is 0 Å². The molecule has 0 aliphatic rings. The van der Waals surface area contributed by atoms with Gasteiger partial charge in [-0.25, -0.2) is 9.37 Å². The first-order chi connectivity index (χ1) is 11.2. The molecule has 3 rings (SSSR count). The lowest BCUT2D eigenvalue weighted by molar-refractivity contribution is 0.301. The molecule has 0 unspecified atom stereocenters. The lowest BCUT2D eigenvalue weighted by atomic mass is 10.2. The van der Waals surface area contributed by atoms with Gasteiger partial charge >= 0.3 is 0 Å². The van der Waals surface area contributed by atoms with Gasteiger partial charge in [0.05, 0.1) is 24.2 Å². The Bertz CT molecular complexity index is 813. The number of imidazole rings is 1. The van der Waals surface area contributed by atoms with Crippen molar-refractivity contribution in [3.8, 4) is 5.75 Å². The van der Waals surface area contributed by atoms with E-state index in [9.17, 15) is 4.39 Å². The molecule has 3 aromatic rings. The van der Waals surface area contributed by atoms with Gasteiger partial charge in [-0.3, -0.25) is 0 Å². The minimum Gasteiger partial charge on any atom is -0.494 e. The van der Waals surface area contributed by atoms with Gasteiger partial charge in [0.2, 0.25) is 0 Å². The van der Waals surface area contributed by atoms with E-state index in [0.29, 0.717) is 18.7 Å². The zero-order valence-corrected chi connectivity index (χ0v) is 13.1. The van der Waals surface area contributed by atoms with E-state index < -0.39 is 0 Å². The summed E-state index contributed by atoms with van der Waals surface area (Å²) in [4.78, 5) is 4.40. The van der Waals surface area contributed by atoms with Gasteiger partial charge in [-0.05, 0) is 43.2 Å². The van der Waals surface area contributed by atoms with E-state index in [1.807, 2.05) is 35.8 Å². The second-order valence-electron chi connectivity index (χ2n) is 5.54. The van der Waals surface area contributed by atoms with Crippen LogP contribution in [-0.4, -0.2) is 16.2 Å². The summed E-state index contributed by atoms with van der Waals surface area (Å²) in [6.07, 6.45) is 0.823. The predicted molar refractivity (Wildman–Crippen MR) is 88.9 cm³/mol. The Labute approximate surface area is 134 Å². The molecule has 4 nitrogen and oxygen atoms in total. The highest BCUT2D eigenvalue weighted by Crippen LogP contribution is 2.18. The molecule has 0 radical (unpaired) electrons. The highest BCUT2D eigenvalue weighted by Gasteiger charge is 2.10. The molecular formula is C18H20FN3O. The molecule has 5 heteroatoms. The monoisotopic (exact) mass is 313 g/mol. The third-order valence-electron chi connectivity index (χ3n) is 3.76. The number of aryl methyl sites for hydroxylation is 2.